The SMILES string of the molecule is CCC(C)(C(C)O)N1CC(C)CC1C. The Morgan fingerprint density at radius 3 is 2.36 bits per heavy atom. The number of hydrogen-bond donors (Lipinski definition) is 1. The van der Waals surface area contributed by atoms with Gasteiger partial charge in [-0.05, 0) is 39.5 Å². The number of likely N-dealkylation sites (tertiary alicyclic amines) is 1. The van der Waals surface area contributed by atoms with Crippen molar-refractivity contribution in [2.45, 2.75) is 65.1 Å². The lowest BCUT2D eigenvalue weighted by molar-refractivity contribution is -0.0198. The smallest absolute Gasteiger partial charge is 0.0693 e. The van der Waals surface area contributed by atoms with Crippen LogP contribution in [0.4, 0.5) is 0 Å². The first-order chi connectivity index (χ1) is 6.41. The maximum atomic E-state index is 9.89. The molecule has 2 heteroatoms. The minimum absolute atomic E-state index is 0.0375. The molecule has 0 aliphatic carbocycles. The van der Waals surface area contributed by atoms with Crippen molar-refractivity contribution in [2.24, 2.45) is 5.92 Å². The van der Waals surface area contributed by atoms with Crippen LogP contribution >= 0.6 is 0 Å². The van der Waals surface area contributed by atoms with Crippen molar-refractivity contribution in [3.63, 3.8) is 0 Å². The van der Waals surface area contributed by atoms with Crippen LogP contribution in [0.1, 0.15) is 47.5 Å². The van der Waals surface area contributed by atoms with Gasteiger partial charge in [0.05, 0.1) is 6.10 Å². The van der Waals surface area contributed by atoms with Crippen LogP contribution in [-0.4, -0.2) is 34.2 Å². The largest absolute Gasteiger partial charge is 0.391 e. The minimum Gasteiger partial charge on any atom is -0.391 e. The lowest BCUT2D eigenvalue weighted by atomic mass is 9.90. The molecule has 0 aromatic rings. The molecule has 0 aromatic carbocycles. The molecule has 0 radical (unpaired) electrons. The van der Waals surface area contributed by atoms with E-state index in [4.69, 9.17) is 0 Å². The highest BCUT2D eigenvalue weighted by atomic mass is 16.3. The van der Waals surface area contributed by atoms with Crippen LogP contribution in [0, 0.1) is 5.92 Å². The highest BCUT2D eigenvalue weighted by Crippen LogP contribution is 2.33. The first kappa shape index (κ1) is 12.0. The Bertz CT molecular complexity index is 193. The van der Waals surface area contributed by atoms with Crippen LogP contribution in [0.2, 0.25) is 0 Å². The second-order valence-corrected chi connectivity index (χ2v) is 5.23. The van der Waals surface area contributed by atoms with E-state index in [1.165, 1.54) is 6.42 Å². The van der Waals surface area contributed by atoms with E-state index in [0.717, 1.165) is 18.9 Å². The quantitative estimate of drug-likeness (QED) is 0.753. The number of aliphatic hydroxyl groups is 1. The summed E-state index contributed by atoms with van der Waals surface area (Å²) >= 11 is 0. The highest BCUT2D eigenvalue weighted by Gasteiger charge is 2.41. The molecule has 0 bridgehead atoms. The molecule has 4 unspecified atom stereocenters. The molecule has 1 N–H and O–H groups in total. The monoisotopic (exact) mass is 199 g/mol. The van der Waals surface area contributed by atoms with E-state index in [0.29, 0.717) is 6.04 Å². The van der Waals surface area contributed by atoms with Crippen molar-refractivity contribution in [1.29, 1.82) is 0 Å². The van der Waals surface area contributed by atoms with Crippen molar-refractivity contribution in [3.05, 3.63) is 0 Å². The Morgan fingerprint density at radius 1 is 1.50 bits per heavy atom. The molecule has 1 aliphatic rings. The first-order valence-electron chi connectivity index (χ1n) is 5.86. The van der Waals surface area contributed by atoms with E-state index >= 15 is 0 Å². The third-order valence-corrected chi connectivity index (χ3v) is 4.06. The maximum Gasteiger partial charge on any atom is 0.0693 e. The zero-order valence-corrected chi connectivity index (χ0v) is 10.2. The Labute approximate surface area is 88.3 Å². The normalized spacial score (nSPS) is 35.6. The summed E-state index contributed by atoms with van der Waals surface area (Å²) in [7, 11) is 0. The van der Waals surface area contributed by atoms with E-state index < -0.39 is 0 Å². The fourth-order valence-corrected chi connectivity index (χ4v) is 2.75. The Hall–Kier alpha value is -0.0800. The fraction of sp³-hybridized carbons (Fsp3) is 1.00. The highest BCUT2D eigenvalue weighted by molar-refractivity contribution is 4.96. The molecule has 84 valence electrons. The second kappa shape index (κ2) is 4.19. The average Bonchev–Trinajstić information content (AvgIpc) is 2.44. The summed E-state index contributed by atoms with van der Waals surface area (Å²) < 4.78 is 0. The van der Waals surface area contributed by atoms with Gasteiger partial charge in [-0.25, -0.2) is 0 Å². The molecule has 0 saturated carbocycles. The topological polar surface area (TPSA) is 23.5 Å². The molecule has 0 spiro atoms. The molecule has 14 heavy (non-hydrogen) atoms. The van der Waals surface area contributed by atoms with Gasteiger partial charge in [0.25, 0.3) is 0 Å². The van der Waals surface area contributed by atoms with Gasteiger partial charge in [-0.1, -0.05) is 13.8 Å². The lowest BCUT2D eigenvalue weighted by Gasteiger charge is -2.43. The fourth-order valence-electron chi connectivity index (χ4n) is 2.75. The van der Waals surface area contributed by atoms with E-state index in [1.807, 2.05) is 6.92 Å². The summed E-state index contributed by atoms with van der Waals surface area (Å²) in [5.74, 6) is 0.773. The van der Waals surface area contributed by atoms with Gasteiger partial charge in [0.2, 0.25) is 0 Å². The summed E-state index contributed by atoms with van der Waals surface area (Å²) in [5, 5.41) is 9.89. The maximum absolute atomic E-state index is 9.89. The molecule has 4 atom stereocenters. The van der Waals surface area contributed by atoms with Gasteiger partial charge in [-0.15, -0.1) is 0 Å². The Balaban J connectivity index is 2.79. The molecule has 1 heterocycles. The van der Waals surface area contributed by atoms with E-state index in [9.17, 15) is 5.11 Å². The van der Waals surface area contributed by atoms with Gasteiger partial charge in [0, 0.05) is 18.1 Å². The van der Waals surface area contributed by atoms with Crippen molar-refractivity contribution >= 4 is 0 Å². The van der Waals surface area contributed by atoms with Crippen molar-refractivity contribution in [3.8, 4) is 0 Å². The van der Waals surface area contributed by atoms with Crippen LogP contribution in [0.5, 0.6) is 0 Å². The molecule has 1 fully saturated rings. The van der Waals surface area contributed by atoms with Crippen LogP contribution in [-0.2, 0) is 0 Å². The molecule has 2 nitrogen and oxygen atoms in total. The molecule has 1 rings (SSSR count). The van der Waals surface area contributed by atoms with Crippen LogP contribution in [0.15, 0.2) is 0 Å². The van der Waals surface area contributed by atoms with E-state index in [1.54, 1.807) is 0 Å². The summed E-state index contributed by atoms with van der Waals surface area (Å²) in [4.78, 5) is 2.49. The summed E-state index contributed by atoms with van der Waals surface area (Å²) in [5.41, 5.74) is -0.0375. The number of rotatable bonds is 3. The molecule has 1 saturated heterocycles. The lowest BCUT2D eigenvalue weighted by Crippen LogP contribution is -2.54. The van der Waals surface area contributed by atoms with Crippen molar-refractivity contribution in [1.82, 2.24) is 4.90 Å². The molecule has 0 amide bonds. The third kappa shape index (κ3) is 1.96. The van der Waals surface area contributed by atoms with Gasteiger partial charge in [-0.3, -0.25) is 4.90 Å². The van der Waals surface area contributed by atoms with E-state index in [2.05, 4.69) is 32.6 Å². The number of aliphatic hydroxyl groups excluding tert-OH is 1. The minimum atomic E-state index is -0.250. The third-order valence-electron chi connectivity index (χ3n) is 4.06. The van der Waals surface area contributed by atoms with Gasteiger partial charge >= 0.3 is 0 Å². The Morgan fingerprint density at radius 2 is 2.07 bits per heavy atom. The van der Waals surface area contributed by atoms with Crippen LogP contribution in [0.3, 0.4) is 0 Å². The number of hydrogen-bond acceptors (Lipinski definition) is 2. The first-order valence-corrected chi connectivity index (χ1v) is 5.86. The molecular formula is C12H25NO. The summed E-state index contributed by atoms with van der Waals surface area (Å²) in [6, 6.07) is 0.615. The van der Waals surface area contributed by atoms with Crippen molar-refractivity contribution in [2.75, 3.05) is 6.54 Å². The van der Waals surface area contributed by atoms with Gasteiger partial charge < -0.3 is 5.11 Å². The van der Waals surface area contributed by atoms with Gasteiger partial charge in [-0.2, -0.15) is 0 Å². The Kier molecular flexibility index (Phi) is 3.59. The second-order valence-electron chi connectivity index (χ2n) is 5.23. The van der Waals surface area contributed by atoms with Crippen molar-refractivity contribution < 1.29 is 5.11 Å². The zero-order valence-electron chi connectivity index (χ0n) is 10.2. The standard InChI is InChI=1S/C12H25NO/c1-6-12(5,11(4)14)13-8-9(2)7-10(13)3/h9-11,14H,6-8H2,1-5H3. The van der Waals surface area contributed by atoms with Crippen LogP contribution in [0.25, 0.3) is 0 Å². The predicted molar refractivity (Wildman–Crippen MR) is 60.3 cm³/mol. The zero-order chi connectivity index (χ0) is 10.9. The predicted octanol–water partition coefficient (Wildman–Crippen LogP) is 2.27. The molecule has 0 aromatic heterocycles. The molecular weight excluding hydrogens is 174 g/mol. The van der Waals surface area contributed by atoms with Crippen LogP contribution < -0.4 is 0 Å². The number of nitrogens with zero attached hydrogens (tertiary/aromatic N) is 1. The van der Waals surface area contributed by atoms with Gasteiger partial charge in [0.15, 0.2) is 0 Å². The van der Waals surface area contributed by atoms with Gasteiger partial charge in [0.1, 0.15) is 0 Å². The summed E-state index contributed by atoms with van der Waals surface area (Å²) in [6.45, 7) is 12.0. The van der Waals surface area contributed by atoms with E-state index in [-0.39, 0.29) is 11.6 Å². The molecule has 1 aliphatic heterocycles. The average molecular weight is 199 g/mol. The summed E-state index contributed by atoms with van der Waals surface area (Å²) in [6.07, 6.45) is 2.03.